The Morgan fingerprint density at radius 1 is 1.60 bits per heavy atom. The van der Waals surface area contributed by atoms with Gasteiger partial charge in [-0.25, -0.2) is 0 Å². The molecule has 0 saturated heterocycles. The quantitative estimate of drug-likeness (QED) is 0.791. The molecule has 1 aliphatic rings. The lowest BCUT2D eigenvalue weighted by molar-refractivity contribution is 0.380. The third kappa shape index (κ3) is 3.38. The average Bonchev–Trinajstić information content (AvgIpc) is 2.88. The average molecular weight is 290 g/mol. The summed E-state index contributed by atoms with van der Waals surface area (Å²) in [5.74, 6) is 0.971. The number of halogens is 1. The van der Waals surface area contributed by atoms with Crippen molar-refractivity contribution in [3.63, 3.8) is 0 Å². The fourth-order valence-electron chi connectivity index (χ4n) is 1.26. The summed E-state index contributed by atoms with van der Waals surface area (Å²) < 4.78 is 6.37. The zero-order chi connectivity index (χ0) is 11.3. The SMILES string of the molecule is CC.CCc1cc(C2CC=C(Br)S2)no1. The van der Waals surface area contributed by atoms with Crippen LogP contribution in [0, 0.1) is 0 Å². The summed E-state index contributed by atoms with van der Waals surface area (Å²) in [4.78, 5) is 0. The van der Waals surface area contributed by atoms with Gasteiger partial charge in [-0.2, -0.15) is 0 Å². The minimum Gasteiger partial charge on any atom is -0.361 e. The zero-order valence-corrected chi connectivity index (χ0v) is 11.7. The summed E-state index contributed by atoms with van der Waals surface area (Å²) in [6, 6.07) is 2.05. The first kappa shape index (κ1) is 12.8. The molecule has 1 aromatic rings. The molecule has 2 heterocycles. The van der Waals surface area contributed by atoms with E-state index in [4.69, 9.17) is 4.52 Å². The molecule has 0 amide bonds. The van der Waals surface area contributed by atoms with Gasteiger partial charge >= 0.3 is 0 Å². The van der Waals surface area contributed by atoms with Gasteiger partial charge < -0.3 is 4.52 Å². The van der Waals surface area contributed by atoms with E-state index >= 15 is 0 Å². The van der Waals surface area contributed by atoms with Gasteiger partial charge in [0.05, 0.1) is 10.9 Å². The second-order valence-corrected chi connectivity index (χ2v) is 5.55. The number of aromatic nitrogens is 1. The predicted molar refractivity (Wildman–Crippen MR) is 69.2 cm³/mol. The maximum absolute atomic E-state index is 5.16. The summed E-state index contributed by atoms with van der Waals surface area (Å²) in [5.41, 5.74) is 1.06. The van der Waals surface area contributed by atoms with Crippen LogP contribution in [0.1, 0.15) is 43.9 Å². The van der Waals surface area contributed by atoms with Crippen molar-refractivity contribution in [3.05, 3.63) is 27.4 Å². The van der Waals surface area contributed by atoms with Crippen LogP contribution in [0.4, 0.5) is 0 Å². The molecule has 0 aliphatic carbocycles. The van der Waals surface area contributed by atoms with Crippen LogP contribution in [-0.2, 0) is 6.42 Å². The van der Waals surface area contributed by atoms with Gasteiger partial charge in [-0.05, 0) is 22.4 Å². The number of hydrogen-bond donors (Lipinski definition) is 0. The van der Waals surface area contributed by atoms with Crippen LogP contribution in [-0.4, -0.2) is 5.16 Å². The summed E-state index contributed by atoms with van der Waals surface area (Å²) in [6.07, 6.45) is 4.13. The molecule has 0 fully saturated rings. The first-order valence-electron chi connectivity index (χ1n) is 5.27. The lowest BCUT2D eigenvalue weighted by Gasteiger charge is -2.01. The standard InChI is InChI=1S/C9H10BrNOS.C2H6/c1-2-6-5-7(11-12-6)8-3-4-9(10)13-8;1-2/h4-5,8H,2-3H2,1H3;1-2H3. The molecule has 1 aliphatic heterocycles. The van der Waals surface area contributed by atoms with Gasteiger partial charge in [0, 0.05) is 16.3 Å². The minimum absolute atomic E-state index is 0.443. The van der Waals surface area contributed by atoms with E-state index in [0.717, 1.165) is 24.3 Å². The Morgan fingerprint density at radius 2 is 2.33 bits per heavy atom. The van der Waals surface area contributed by atoms with E-state index in [2.05, 4.69) is 40.2 Å². The first-order valence-corrected chi connectivity index (χ1v) is 6.94. The van der Waals surface area contributed by atoms with Crippen LogP contribution in [0.25, 0.3) is 0 Å². The molecular formula is C11H16BrNOS. The Morgan fingerprint density at radius 3 is 2.80 bits per heavy atom. The van der Waals surface area contributed by atoms with Crippen molar-refractivity contribution in [3.8, 4) is 0 Å². The normalized spacial score (nSPS) is 19.5. The van der Waals surface area contributed by atoms with Crippen LogP contribution in [0.15, 0.2) is 20.5 Å². The summed E-state index contributed by atoms with van der Waals surface area (Å²) in [6.45, 7) is 6.07. The first-order chi connectivity index (χ1) is 7.29. The van der Waals surface area contributed by atoms with E-state index in [0.29, 0.717) is 5.25 Å². The summed E-state index contributed by atoms with van der Waals surface area (Å²) in [7, 11) is 0. The highest BCUT2D eigenvalue weighted by atomic mass is 79.9. The fraction of sp³-hybridized carbons (Fsp3) is 0.545. The van der Waals surface area contributed by atoms with Gasteiger partial charge in [0.25, 0.3) is 0 Å². The van der Waals surface area contributed by atoms with E-state index in [9.17, 15) is 0 Å². The predicted octanol–water partition coefficient (Wildman–Crippen LogP) is 4.68. The molecule has 84 valence electrons. The smallest absolute Gasteiger partial charge is 0.136 e. The highest BCUT2D eigenvalue weighted by Crippen LogP contribution is 2.45. The van der Waals surface area contributed by atoms with Gasteiger partial charge in [-0.3, -0.25) is 0 Å². The second kappa shape index (κ2) is 6.38. The third-order valence-electron chi connectivity index (χ3n) is 2.00. The maximum atomic E-state index is 5.16. The number of hydrogen-bond acceptors (Lipinski definition) is 3. The number of allylic oxidation sites excluding steroid dienone is 1. The summed E-state index contributed by atoms with van der Waals surface area (Å²) in [5, 5.41) is 4.50. The van der Waals surface area contributed by atoms with Gasteiger partial charge in [0.15, 0.2) is 0 Å². The lowest BCUT2D eigenvalue weighted by Crippen LogP contribution is -1.87. The number of aryl methyl sites for hydroxylation is 1. The molecule has 0 spiro atoms. The van der Waals surface area contributed by atoms with Crippen molar-refractivity contribution in [2.24, 2.45) is 0 Å². The van der Waals surface area contributed by atoms with Crippen LogP contribution >= 0.6 is 27.7 Å². The molecule has 0 N–H and O–H groups in total. The molecule has 15 heavy (non-hydrogen) atoms. The number of thioether (sulfide) groups is 1. The Hall–Kier alpha value is -0.220. The molecule has 1 unspecified atom stereocenters. The van der Waals surface area contributed by atoms with E-state index in [1.54, 1.807) is 11.8 Å². The third-order valence-corrected chi connectivity index (χ3v) is 4.00. The Balaban J connectivity index is 0.000000531. The highest BCUT2D eigenvalue weighted by Gasteiger charge is 2.21. The van der Waals surface area contributed by atoms with Crippen molar-refractivity contribution in [1.82, 2.24) is 5.16 Å². The number of nitrogens with zero attached hydrogens (tertiary/aromatic N) is 1. The zero-order valence-electron chi connectivity index (χ0n) is 9.29. The van der Waals surface area contributed by atoms with Crippen LogP contribution in [0.3, 0.4) is 0 Å². The number of rotatable bonds is 2. The molecule has 2 rings (SSSR count). The van der Waals surface area contributed by atoms with Crippen LogP contribution in [0.5, 0.6) is 0 Å². The van der Waals surface area contributed by atoms with Gasteiger partial charge in [-0.15, -0.1) is 11.8 Å². The highest BCUT2D eigenvalue weighted by molar-refractivity contribution is 9.14. The van der Waals surface area contributed by atoms with Crippen molar-refractivity contribution in [2.45, 2.75) is 38.9 Å². The van der Waals surface area contributed by atoms with Crippen molar-refractivity contribution in [2.75, 3.05) is 0 Å². The van der Waals surface area contributed by atoms with E-state index in [-0.39, 0.29) is 0 Å². The lowest BCUT2D eigenvalue weighted by atomic mass is 10.2. The van der Waals surface area contributed by atoms with Gasteiger partial charge in [-0.1, -0.05) is 32.0 Å². The van der Waals surface area contributed by atoms with Crippen molar-refractivity contribution < 1.29 is 4.52 Å². The Bertz CT molecular complexity index is 335. The van der Waals surface area contributed by atoms with Crippen molar-refractivity contribution in [1.29, 1.82) is 0 Å². The van der Waals surface area contributed by atoms with E-state index < -0.39 is 0 Å². The molecule has 0 radical (unpaired) electrons. The van der Waals surface area contributed by atoms with Crippen LogP contribution < -0.4 is 0 Å². The molecular weight excluding hydrogens is 274 g/mol. The molecule has 2 nitrogen and oxygen atoms in total. The minimum atomic E-state index is 0.443. The van der Waals surface area contributed by atoms with Gasteiger partial charge in [0.2, 0.25) is 0 Å². The Labute approximate surface area is 104 Å². The van der Waals surface area contributed by atoms with E-state index in [1.165, 1.54) is 3.81 Å². The fourth-order valence-corrected chi connectivity index (χ4v) is 3.01. The monoisotopic (exact) mass is 289 g/mol. The summed E-state index contributed by atoms with van der Waals surface area (Å²) >= 11 is 5.26. The molecule has 0 bridgehead atoms. The second-order valence-electron chi connectivity index (χ2n) is 2.92. The van der Waals surface area contributed by atoms with E-state index in [1.807, 2.05) is 13.8 Å². The molecule has 0 saturated carbocycles. The van der Waals surface area contributed by atoms with Crippen LogP contribution in [0.2, 0.25) is 0 Å². The molecule has 4 heteroatoms. The maximum Gasteiger partial charge on any atom is 0.136 e. The van der Waals surface area contributed by atoms with Gasteiger partial charge in [0.1, 0.15) is 5.76 Å². The molecule has 1 atom stereocenters. The molecule has 1 aromatic heterocycles. The topological polar surface area (TPSA) is 26.0 Å². The van der Waals surface area contributed by atoms with Crippen molar-refractivity contribution >= 4 is 27.7 Å². The molecule has 0 aromatic carbocycles. The largest absolute Gasteiger partial charge is 0.361 e. The Kier molecular flexibility index (Phi) is 5.47.